The third-order valence-corrected chi connectivity index (χ3v) is 2.36. The Bertz CT molecular complexity index is 468. The van der Waals surface area contributed by atoms with Gasteiger partial charge in [0.15, 0.2) is 0 Å². The smallest absolute Gasteiger partial charge is 0.130 e. The first-order valence-electron chi connectivity index (χ1n) is 4.89. The maximum absolute atomic E-state index is 13.4. The molecule has 0 spiro atoms. The highest BCUT2D eigenvalue weighted by Gasteiger charge is 2.13. The Balaban J connectivity index is 2.17. The second-order valence-corrected chi connectivity index (χ2v) is 3.56. The maximum Gasteiger partial charge on any atom is 0.130 e. The Morgan fingerprint density at radius 1 is 1.25 bits per heavy atom. The minimum atomic E-state index is -0.626. The molecule has 2 rings (SSSR count). The first kappa shape index (κ1) is 10.8. The SMILES string of the molecule is NC(Cc1ccco1)c1ccc(F)cc1F. The quantitative estimate of drug-likeness (QED) is 0.868. The number of benzene rings is 1. The van der Waals surface area contributed by atoms with Crippen LogP contribution in [0.5, 0.6) is 0 Å². The van der Waals surface area contributed by atoms with Crippen molar-refractivity contribution in [3.63, 3.8) is 0 Å². The fraction of sp³-hybridized carbons (Fsp3) is 0.167. The molecule has 0 saturated heterocycles. The molecule has 0 aliphatic carbocycles. The summed E-state index contributed by atoms with van der Waals surface area (Å²) < 4.78 is 31.2. The van der Waals surface area contributed by atoms with Crippen molar-refractivity contribution in [1.82, 2.24) is 0 Å². The average Bonchev–Trinajstić information content (AvgIpc) is 2.70. The molecule has 1 heterocycles. The van der Waals surface area contributed by atoms with Gasteiger partial charge in [0.25, 0.3) is 0 Å². The van der Waals surface area contributed by atoms with Gasteiger partial charge in [-0.25, -0.2) is 8.78 Å². The van der Waals surface area contributed by atoms with Gasteiger partial charge >= 0.3 is 0 Å². The lowest BCUT2D eigenvalue weighted by Gasteiger charge is -2.11. The van der Waals surface area contributed by atoms with Gasteiger partial charge in [-0.3, -0.25) is 0 Å². The summed E-state index contributed by atoms with van der Waals surface area (Å²) in [7, 11) is 0. The molecular formula is C12H11F2NO. The predicted octanol–water partition coefficient (Wildman–Crippen LogP) is 2.80. The Morgan fingerprint density at radius 2 is 2.06 bits per heavy atom. The van der Waals surface area contributed by atoms with Gasteiger partial charge in [0.1, 0.15) is 17.4 Å². The molecule has 4 heteroatoms. The molecule has 1 aromatic carbocycles. The zero-order chi connectivity index (χ0) is 11.5. The molecule has 84 valence electrons. The summed E-state index contributed by atoms with van der Waals surface area (Å²) in [6.45, 7) is 0. The van der Waals surface area contributed by atoms with E-state index in [4.69, 9.17) is 10.2 Å². The molecule has 0 amide bonds. The third-order valence-electron chi connectivity index (χ3n) is 2.36. The van der Waals surface area contributed by atoms with Gasteiger partial charge in [-0.15, -0.1) is 0 Å². The van der Waals surface area contributed by atoms with E-state index >= 15 is 0 Å². The second-order valence-electron chi connectivity index (χ2n) is 3.56. The Kier molecular flexibility index (Phi) is 3.01. The van der Waals surface area contributed by atoms with Crippen molar-refractivity contribution in [2.75, 3.05) is 0 Å². The van der Waals surface area contributed by atoms with E-state index in [1.54, 1.807) is 12.1 Å². The molecular weight excluding hydrogens is 212 g/mol. The summed E-state index contributed by atoms with van der Waals surface area (Å²) in [4.78, 5) is 0. The van der Waals surface area contributed by atoms with Crippen molar-refractivity contribution in [3.05, 3.63) is 59.6 Å². The monoisotopic (exact) mass is 223 g/mol. The van der Waals surface area contributed by atoms with Gasteiger partial charge in [0, 0.05) is 24.1 Å². The molecule has 1 unspecified atom stereocenters. The van der Waals surface area contributed by atoms with Crippen LogP contribution in [0.2, 0.25) is 0 Å². The van der Waals surface area contributed by atoms with E-state index in [0.29, 0.717) is 12.2 Å². The van der Waals surface area contributed by atoms with E-state index in [9.17, 15) is 8.78 Å². The predicted molar refractivity (Wildman–Crippen MR) is 55.7 cm³/mol. The topological polar surface area (TPSA) is 39.2 Å². The standard InChI is InChI=1S/C12H11F2NO/c13-8-3-4-10(11(14)6-8)12(15)7-9-2-1-5-16-9/h1-6,12H,7,15H2. The van der Waals surface area contributed by atoms with Crippen LogP contribution in [0.25, 0.3) is 0 Å². The van der Waals surface area contributed by atoms with Crippen molar-refractivity contribution in [1.29, 1.82) is 0 Å². The molecule has 16 heavy (non-hydrogen) atoms. The molecule has 0 aliphatic rings. The summed E-state index contributed by atoms with van der Waals surface area (Å²) >= 11 is 0. The number of hydrogen-bond acceptors (Lipinski definition) is 2. The van der Waals surface area contributed by atoms with Gasteiger partial charge in [0.05, 0.1) is 6.26 Å². The lowest BCUT2D eigenvalue weighted by molar-refractivity contribution is 0.480. The van der Waals surface area contributed by atoms with Crippen molar-refractivity contribution in [3.8, 4) is 0 Å². The van der Waals surface area contributed by atoms with E-state index in [1.165, 1.54) is 18.4 Å². The number of hydrogen-bond donors (Lipinski definition) is 1. The lowest BCUT2D eigenvalue weighted by Crippen LogP contribution is -2.14. The van der Waals surface area contributed by atoms with Gasteiger partial charge < -0.3 is 10.2 Å². The van der Waals surface area contributed by atoms with Crippen LogP contribution in [0.15, 0.2) is 41.0 Å². The highest BCUT2D eigenvalue weighted by atomic mass is 19.1. The summed E-state index contributed by atoms with van der Waals surface area (Å²) in [5.74, 6) is -0.554. The summed E-state index contributed by atoms with van der Waals surface area (Å²) in [6, 6.07) is 6.35. The number of furan rings is 1. The third kappa shape index (κ3) is 2.28. The van der Waals surface area contributed by atoms with E-state index in [1.807, 2.05) is 0 Å². The Hall–Kier alpha value is -1.68. The first-order chi connectivity index (χ1) is 7.66. The van der Waals surface area contributed by atoms with Crippen molar-refractivity contribution in [2.45, 2.75) is 12.5 Å². The van der Waals surface area contributed by atoms with Crippen molar-refractivity contribution < 1.29 is 13.2 Å². The first-order valence-corrected chi connectivity index (χ1v) is 4.89. The second kappa shape index (κ2) is 4.45. The van der Waals surface area contributed by atoms with Gasteiger partial charge in [-0.05, 0) is 18.2 Å². The molecule has 1 aromatic heterocycles. The van der Waals surface area contributed by atoms with E-state index in [2.05, 4.69) is 0 Å². The maximum atomic E-state index is 13.4. The van der Waals surface area contributed by atoms with Gasteiger partial charge in [-0.1, -0.05) is 6.07 Å². The molecule has 2 N–H and O–H groups in total. The average molecular weight is 223 g/mol. The summed E-state index contributed by atoms with van der Waals surface area (Å²) in [5.41, 5.74) is 6.10. The van der Waals surface area contributed by atoms with Crippen LogP contribution in [0.3, 0.4) is 0 Å². The Labute approximate surface area is 91.7 Å². The summed E-state index contributed by atoms with van der Waals surface area (Å²) in [5, 5.41) is 0. The molecule has 0 aliphatic heterocycles. The molecule has 2 nitrogen and oxygen atoms in total. The fourth-order valence-electron chi connectivity index (χ4n) is 1.56. The van der Waals surface area contributed by atoms with Crippen LogP contribution < -0.4 is 5.73 Å². The number of rotatable bonds is 3. The molecule has 0 bridgehead atoms. The zero-order valence-corrected chi connectivity index (χ0v) is 8.49. The minimum Gasteiger partial charge on any atom is -0.469 e. The zero-order valence-electron chi connectivity index (χ0n) is 8.49. The molecule has 1 atom stereocenters. The summed E-state index contributed by atoms with van der Waals surface area (Å²) in [6.07, 6.45) is 1.92. The number of nitrogens with two attached hydrogens (primary N) is 1. The number of halogens is 2. The highest BCUT2D eigenvalue weighted by molar-refractivity contribution is 5.23. The molecule has 0 fully saturated rings. The van der Waals surface area contributed by atoms with Crippen LogP contribution >= 0.6 is 0 Å². The van der Waals surface area contributed by atoms with Gasteiger partial charge in [0.2, 0.25) is 0 Å². The normalized spacial score (nSPS) is 12.7. The van der Waals surface area contributed by atoms with E-state index < -0.39 is 17.7 Å². The molecule has 0 radical (unpaired) electrons. The molecule has 0 saturated carbocycles. The van der Waals surface area contributed by atoms with E-state index in [0.717, 1.165) is 6.07 Å². The lowest BCUT2D eigenvalue weighted by atomic mass is 10.0. The van der Waals surface area contributed by atoms with Crippen LogP contribution in [-0.4, -0.2) is 0 Å². The largest absolute Gasteiger partial charge is 0.469 e. The van der Waals surface area contributed by atoms with Crippen LogP contribution in [0, 0.1) is 11.6 Å². The minimum absolute atomic E-state index is 0.290. The van der Waals surface area contributed by atoms with Gasteiger partial charge in [-0.2, -0.15) is 0 Å². The fourth-order valence-corrected chi connectivity index (χ4v) is 1.56. The van der Waals surface area contributed by atoms with Crippen molar-refractivity contribution >= 4 is 0 Å². The molecule has 2 aromatic rings. The van der Waals surface area contributed by atoms with Crippen LogP contribution in [-0.2, 0) is 6.42 Å². The Morgan fingerprint density at radius 3 is 2.69 bits per heavy atom. The van der Waals surface area contributed by atoms with Crippen LogP contribution in [0.1, 0.15) is 17.4 Å². The van der Waals surface area contributed by atoms with Crippen molar-refractivity contribution in [2.24, 2.45) is 5.73 Å². The van der Waals surface area contributed by atoms with Crippen LogP contribution in [0.4, 0.5) is 8.78 Å². The highest BCUT2D eigenvalue weighted by Crippen LogP contribution is 2.20. The van der Waals surface area contributed by atoms with E-state index in [-0.39, 0.29) is 5.56 Å².